The average Bonchev–Trinajstić information content (AvgIpc) is 2.73. The Labute approximate surface area is 111 Å². The monoisotopic (exact) mass is 265 g/mol. The van der Waals surface area contributed by atoms with Gasteiger partial charge in [0.2, 0.25) is 0 Å². The van der Waals surface area contributed by atoms with Gasteiger partial charge < -0.3 is 5.73 Å². The molecule has 0 aliphatic rings. The molecular formula is C14H17F2N3. The first kappa shape index (κ1) is 13.7. The second-order valence-corrected chi connectivity index (χ2v) is 4.58. The van der Waals surface area contributed by atoms with Crippen molar-refractivity contribution in [3.8, 4) is 0 Å². The van der Waals surface area contributed by atoms with E-state index in [4.69, 9.17) is 5.73 Å². The summed E-state index contributed by atoms with van der Waals surface area (Å²) in [5, 5.41) is 4.31. The van der Waals surface area contributed by atoms with Gasteiger partial charge in [-0.15, -0.1) is 0 Å². The third kappa shape index (κ3) is 2.98. The molecule has 19 heavy (non-hydrogen) atoms. The molecule has 0 aliphatic heterocycles. The van der Waals surface area contributed by atoms with Crippen molar-refractivity contribution in [3.63, 3.8) is 0 Å². The van der Waals surface area contributed by atoms with Crippen molar-refractivity contribution in [2.24, 2.45) is 12.8 Å². The maximum absolute atomic E-state index is 13.6. The molecule has 2 rings (SSSR count). The van der Waals surface area contributed by atoms with Gasteiger partial charge in [-0.25, -0.2) is 8.78 Å². The van der Waals surface area contributed by atoms with Crippen LogP contribution in [-0.2, 0) is 19.9 Å². The van der Waals surface area contributed by atoms with Gasteiger partial charge in [-0.3, -0.25) is 4.68 Å². The predicted molar refractivity (Wildman–Crippen MR) is 69.6 cm³/mol. The molecule has 1 unspecified atom stereocenters. The summed E-state index contributed by atoms with van der Waals surface area (Å²) in [4.78, 5) is 0. The summed E-state index contributed by atoms with van der Waals surface area (Å²) in [5.74, 6) is -0.960. The van der Waals surface area contributed by atoms with Crippen LogP contribution in [0.4, 0.5) is 8.78 Å². The fourth-order valence-corrected chi connectivity index (χ4v) is 2.07. The van der Waals surface area contributed by atoms with Crippen molar-refractivity contribution in [2.75, 3.05) is 0 Å². The summed E-state index contributed by atoms with van der Waals surface area (Å²) in [6.07, 6.45) is 1.25. The predicted octanol–water partition coefficient (Wildman–Crippen LogP) is 2.50. The third-order valence-corrected chi connectivity index (χ3v) is 3.18. The Hall–Kier alpha value is -1.75. The van der Waals surface area contributed by atoms with E-state index in [2.05, 4.69) is 5.10 Å². The van der Waals surface area contributed by atoms with Crippen LogP contribution < -0.4 is 5.73 Å². The van der Waals surface area contributed by atoms with Crippen LogP contribution in [-0.4, -0.2) is 9.78 Å². The lowest BCUT2D eigenvalue weighted by Crippen LogP contribution is -2.17. The second kappa shape index (κ2) is 5.48. The molecular weight excluding hydrogens is 248 g/mol. The van der Waals surface area contributed by atoms with Gasteiger partial charge in [-0.05, 0) is 30.7 Å². The van der Waals surface area contributed by atoms with Crippen LogP contribution in [0.5, 0.6) is 0 Å². The first-order valence-corrected chi connectivity index (χ1v) is 6.23. The largest absolute Gasteiger partial charge is 0.324 e. The second-order valence-electron chi connectivity index (χ2n) is 4.58. The highest BCUT2D eigenvalue weighted by Crippen LogP contribution is 2.20. The Morgan fingerprint density at radius 1 is 1.32 bits per heavy atom. The Balaban J connectivity index is 2.22. The van der Waals surface area contributed by atoms with Gasteiger partial charge >= 0.3 is 0 Å². The first-order valence-electron chi connectivity index (χ1n) is 6.23. The number of hydrogen-bond donors (Lipinski definition) is 1. The van der Waals surface area contributed by atoms with Crippen molar-refractivity contribution in [3.05, 3.63) is 52.9 Å². The zero-order chi connectivity index (χ0) is 14.0. The van der Waals surface area contributed by atoms with Gasteiger partial charge in [0.15, 0.2) is 0 Å². The summed E-state index contributed by atoms with van der Waals surface area (Å²) >= 11 is 0. The van der Waals surface area contributed by atoms with Crippen molar-refractivity contribution in [2.45, 2.75) is 25.8 Å². The molecule has 0 amide bonds. The molecule has 0 saturated carbocycles. The van der Waals surface area contributed by atoms with Gasteiger partial charge in [0.1, 0.15) is 11.6 Å². The average molecular weight is 265 g/mol. The number of hydrogen-bond acceptors (Lipinski definition) is 2. The number of benzene rings is 1. The van der Waals surface area contributed by atoms with E-state index in [-0.39, 0.29) is 5.56 Å². The lowest BCUT2D eigenvalue weighted by molar-refractivity contribution is 0.553. The van der Waals surface area contributed by atoms with Crippen LogP contribution >= 0.6 is 0 Å². The maximum Gasteiger partial charge on any atom is 0.128 e. The van der Waals surface area contributed by atoms with Crippen LogP contribution in [0.1, 0.15) is 29.9 Å². The summed E-state index contributed by atoms with van der Waals surface area (Å²) in [6, 6.07) is 4.69. The smallest absolute Gasteiger partial charge is 0.128 e. The van der Waals surface area contributed by atoms with Crippen LogP contribution in [0.25, 0.3) is 0 Å². The van der Waals surface area contributed by atoms with E-state index in [0.29, 0.717) is 6.42 Å². The topological polar surface area (TPSA) is 43.8 Å². The van der Waals surface area contributed by atoms with Crippen LogP contribution in [0.3, 0.4) is 0 Å². The first-order chi connectivity index (χ1) is 9.01. The summed E-state index contributed by atoms with van der Waals surface area (Å²) in [6.45, 7) is 2.01. The Morgan fingerprint density at radius 3 is 2.68 bits per heavy atom. The van der Waals surface area contributed by atoms with Crippen molar-refractivity contribution in [1.29, 1.82) is 0 Å². The molecule has 1 aromatic carbocycles. The molecule has 2 N–H and O–H groups in total. The van der Waals surface area contributed by atoms with Crippen molar-refractivity contribution >= 4 is 0 Å². The Morgan fingerprint density at radius 2 is 2.05 bits per heavy atom. The lowest BCUT2D eigenvalue weighted by Gasteiger charge is -2.13. The van der Waals surface area contributed by atoms with Gasteiger partial charge in [0, 0.05) is 30.8 Å². The molecule has 1 heterocycles. The quantitative estimate of drug-likeness (QED) is 0.923. The zero-order valence-electron chi connectivity index (χ0n) is 11.0. The molecule has 102 valence electrons. The van der Waals surface area contributed by atoms with Gasteiger partial charge in [-0.2, -0.15) is 5.10 Å². The van der Waals surface area contributed by atoms with Crippen molar-refractivity contribution < 1.29 is 8.78 Å². The number of nitrogens with two attached hydrogens (primary N) is 1. The summed E-state index contributed by atoms with van der Waals surface area (Å²) in [5.41, 5.74) is 8.03. The molecule has 5 heteroatoms. The minimum atomic E-state index is -0.587. The van der Waals surface area contributed by atoms with Crippen LogP contribution in [0, 0.1) is 11.6 Å². The fourth-order valence-electron chi connectivity index (χ4n) is 2.07. The molecule has 1 atom stereocenters. The Bertz CT molecular complexity index is 578. The minimum absolute atomic E-state index is 0.194. The Kier molecular flexibility index (Phi) is 3.95. The van der Waals surface area contributed by atoms with Gasteiger partial charge in [-0.1, -0.05) is 6.92 Å². The molecule has 2 aromatic rings. The van der Waals surface area contributed by atoms with Crippen molar-refractivity contribution in [1.82, 2.24) is 9.78 Å². The van der Waals surface area contributed by atoms with Crippen LogP contribution in [0.15, 0.2) is 24.3 Å². The van der Waals surface area contributed by atoms with E-state index in [1.165, 1.54) is 0 Å². The fraction of sp³-hybridized carbons (Fsp3) is 0.357. The van der Waals surface area contributed by atoms with E-state index in [1.807, 2.05) is 20.0 Å². The molecule has 0 saturated heterocycles. The van der Waals surface area contributed by atoms with Gasteiger partial charge in [0.25, 0.3) is 0 Å². The molecule has 0 bridgehead atoms. The van der Waals surface area contributed by atoms with Gasteiger partial charge in [0.05, 0.1) is 5.69 Å². The minimum Gasteiger partial charge on any atom is -0.324 e. The number of halogens is 2. The molecule has 1 aromatic heterocycles. The zero-order valence-corrected chi connectivity index (χ0v) is 11.0. The third-order valence-electron chi connectivity index (χ3n) is 3.18. The molecule has 0 spiro atoms. The summed E-state index contributed by atoms with van der Waals surface area (Å²) < 4.78 is 28.5. The molecule has 0 fully saturated rings. The molecule has 3 nitrogen and oxygen atoms in total. The standard InChI is InChI=1S/C14H17F2N3/c1-3-10-7-11(19(2)18-10)8-14(17)12-6-9(15)4-5-13(12)16/h4-7,14H,3,8,17H2,1-2H3. The van der Waals surface area contributed by atoms with Crippen LogP contribution in [0.2, 0.25) is 0 Å². The van der Waals surface area contributed by atoms with E-state index in [0.717, 1.165) is 36.0 Å². The summed E-state index contributed by atoms with van der Waals surface area (Å²) in [7, 11) is 1.82. The SMILES string of the molecule is CCc1cc(CC(N)c2cc(F)ccc2F)n(C)n1. The van der Waals surface area contributed by atoms with E-state index in [1.54, 1.807) is 4.68 Å². The maximum atomic E-state index is 13.6. The number of aromatic nitrogens is 2. The lowest BCUT2D eigenvalue weighted by atomic mass is 10.0. The number of rotatable bonds is 4. The highest BCUT2D eigenvalue weighted by atomic mass is 19.1. The molecule has 0 aliphatic carbocycles. The highest BCUT2D eigenvalue weighted by molar-refractivity contribution is 5.24. The normalized spacial score (nSPS) is 12.7. The molecule has 0 radical (unpaired) electrons. The van der Waals surface area contributed by atoms with E-state index in [9.17, 15) is 8.78 Å². The van der Waals surface area contributed by atoms with E-state index >= 15 is 0 Å². The highest BCUT2D eigenvalue weighted by Gasteiger charge is 2.15. The van der Waals surface area contributed by atoms with E-state index < -0.39 is 17.7 Å². The number of nitrogens with zero attached hydrogens (tertiary/aromatic N) is 2. The number of aryl methyl sites for hydroxylation is 2.